The fraction of sp³-hybridized carbons (Fsp3) is 0.226. The average molecular weight is 513 g/mol. The van der Waals surface area contributed by atoms with E-state index in [-0.39, 0.29) is 6.42 Å². The molecule has 0 aliphatic heterocycles. The van der Waals surface area contributed by atoms with Gasteiger partial charge in [0.2, 0.25) is 0 Å². The quantitative estimate of drug-likeness (QED) is 0.218. The number of allylic oxidation sites excluding steroid dienone is 5. The Kier molecular flexibility index (Phi) is 8.06. The lowest BCUT2D eigenvalue weighted by molar-refractivity contribution is 0.445. The van der Waals surface area contributed by atoms with Gasteiger partial charge < -0.3 is 0 Å². The highest BCUT2D eigenvalue weighted by Gasteiger charge is 2.23. The summed E-state index contributed by atoms with van der Waals surface area (Å²) >= 11 is 0. The van der Waals surface area contributed by atoms with Crippen LogP contribution in [0.5, 0.6) is 0 Å². The van der Waals surface area contributed by atoms with E-state index in [2.05, 4.69) is 26.0 Å². The summed E-state index contributed by atoms with van der Waals surface area (Å²) in [7, 11) is 0. The Morgan fingerprint density at radius 3 is 2.08 bits per heavy atom. The normalized spacial score (nSPS) is 16.9. The molecule has 2 atom stereocenters. The van der Waals surface area contributed by atoms with E-state index >= 15 is 4.39 Å². The molecule has 0 fully saturated rings. The molecule has 0 bridgehead atoms. The molecule has 3 aromatic rings. The highest BCUT2D eigenvalue weighted by Crippen LogP contribution is 2.36. The van der Waals surface area contributed by atoms with Gasteiger partial charge >= 0.3 is 0 Å². The lowest BCUT2D eigenvalue weighted by Gasteiger charge is -2.17. The zero-order valence-corrected chi connectivity index (χ0v) is 20.5. The molecular weight excluding hydrogens is 486 g/mol. The van der Waals surface area contributed by atoms with Gasteiger partial charge in [0, 0.05) is 17.0 Å². The Hall–Kier alpha value is -3.54. The molecule has 0 N–H and O–H groups in total. The van der Waals surface area contributed by atoms with Crippen LogP contribution in [0.3, 0.4) is 0 Å². The fourth-order valence-corrected chi connectivity index (χ4v) is 4.52. The van der Waals surface area contributed by atoms with Gasteiger partial charge in [-0.2, -0.15) is 0 Å². The van der Waals surface area contributed by atoms with Gasteiger partial charge in [0.25, 0.3) is 0 Å². The monoisotopic (exact) mass is 512 g/mol. The number of hydrogen-bond acceptors (Lipinski definition) is 0. The van der Waals surface area contributed by atoms with Gasteiger partial charge in [-0.05, 0) is 59.2 Å². The number of rotatable bonds is 7. The topological polar surface area (TPSA) is 0 Å². The van der Waals surface area contributed by atoms with Gasteiger partial charge in [0.05, 0.1) is 0 Å². The van der Waals surface area contributed by atoms with Gasteiger partial charge in [-0.25, -0.2) is 26.3 Å². The Balaban J connectivity index is 1.50. The average Bonchev–Trinajstić information content (AvgIpc) is 2.91. The summed E-state index contributed by atoms with van der Waals surface area (Å²) in [4.78, 5) is 0. The minimum absolute atomic E-state index is 0.00977. The second-order valence-corrected chi connectivity index (χ2v) is 9.28. The first-order valence-electron chi connectivity index (χ1n) is 12.2. The van der Waals surface area contributed by atoms with Gasteiger partial charge in [-0.3, -0.25) is 0 Å². The molecule has 2 unspecified atom stereocenters. The van der Waals surface area contributed by atoms with Gasteiger partial charge in [-0.1, -0.05) is 74.9 Å². The van der Waals surface area contributed by atoms with E-state index < -0.39 is 46.4 Å². The first-order valence-corrected chi connectivity index (χ1v) is 12.2. The van der Waals surface area contributed by atoms with Crippen molar-refractivity contribution in [3.63, 3.8) is 0 Å². The van der Waals surface area contributed by atoms with E-state index in [0.29, 0.717) is 29.2 Å². The molecule has 0 saturated heterocycles. The Morgan fingerprint density at radius 2 is 1.51 bits per heavy atom. The van der Waals surface area contributed by atoms with Crippen LogP contribution in [0.1, 0.15) is 55.7 Å². The summed E-state index contributed by atoms with van der Waals surface area (Å²) in [5.74, 6) is -8.74. The van der Waals surface area contributed by atoms with Crippen molar-refractivity contribution in [1.29, 1.82) is 0 Å². The molecule has 3 aromatic carbocycles. The maximum absolute atomic E-state index is 15.0. The zero-order valence-electron chi connectivity index (χ0n) is 20.5. The van der Waals surface area contributed by atoms with Crippen LogP contribution >= 0.6 is 0 Å². The van der Waals surface area contributed by atoms with Crippen molar-refractivity contribution in [2.75, 3.05) is 0 Å². The summed E-state index contributed by atoms with van der Waals surface area (Å²) in [6.07, 6.45) is 6.63. The Labute approximate surface area is 212 Å². The summed E-state index contributed by atoms with van der Waals surface area (Å²) in [6.45, 7) is 4.33. The predicted octanol–water partition coefficient (Wildman–Crippen LogP) is 10.1. The minimum atomic E-state index is -1.76. The van der Waals surface area contributed by atoms with E-state index in [4.69, 9.17) is 0 Å². The van der Waals surface area contributed by atoms with E-state index in [1.54, 1.807) is 18.2 Å². The van der Waals surface area contributed by atoms with Crippen LogP contribution in [0.15, 0.2) is 78.7 Å². The van der Waals surface area contributed by atoms with Crippen molar-refractivity contribution < 1.29 is 26.3 Å². The van der Waals surface area contributed by atoms with E-state index in [0.717, 1.165) is 24.0 Å². The van der Waals surface area contributed by atoms with Crippen molar-refractivity contribution in [1.82, 2.24) is 0 Å². The lowest BCUT2D eigenvalue weighted by atomic mass is 9.90. The highest BCUT2D eigenvalue weighted by molar-refractivity contribution is 5.78. The second kappa shape index (κ2) is 11.2. The van der Waals surface area contributed by atoms with Crippen molar-refractivity contribution >= 4 is 11.4 Å². The minimum Gasteiger partial charge on any atom is -0.208 e. The third-order valence-corrected chi connectivity index (χ3v) is 6.69. The largest absolute Gasteiger partial charge is 0.208 e. The molecule has 0 radical (unpaired) electrons. The van der Waals surface area contributed by atoms with Crippen LogP contribution in [0.4, 0.5) is 26.3 Å². The second-order valence-electron chi connectivity index (χ2n) is 9.28. The summed E-state index contributed by atoms with van der Waals surface area (Å²) < 4.78 is 84.2. The van der Waals surface area contributed by atoms with E-state index in [1.165, 1.54) is 23.8 Å². The summed E-state index contributed by atoms with van der Waals surface area (Å²) in [5.41, 5.74) is 2.95. The highest BCUT2D eigenvalue weighted by atomic mass is 19.2. The van der Waals surface area contributed by atoms with Crippen molar-refractivity contribution in [3.8, 4) is 11.1 Å². The fourth-order valence-electron chi connectivity index (χ4n) is 4.52. The first kappa shape index (κ1) is 26.5. The molecule has 0 saturated carbocycles. The van der Waals surface area contributed by atoms with Crippen LogP contribution in [-0.4, -0.2) is 0 Å². The summed E-state index contributed by atoms with van der Waals surface area (Å²) in [5, 5.41) is 0. The molecule has 1 aliphatic rings. The molecule has 192 valence electrons. The molecule has 37 heavy (non-hydrogen) atoms. The van der Waals surface area contributed by atoms with Crippen LogP contribution in [0, 0.1) is 29.2 Å². The van der Waals surface area contributed by atoms with Gasteiger partial charge in [0.1, 0.15) is 11.6 Å². The standard InChI is InChI=1S/C31H26F6/c1-3-4-18(2)19-5-7-20(8-6-19)23-13-14-25(26(32)15-23)21-9-11-22(12-10-21)29(35)30(36)24-16-27(33)31(37)28(34)17-24/h5-11,13-18,22H,3-4,12H2,1-2H3/b30-29+. The molecule has 0 nitrogen and oxygen atoms in total. The SMILES string of the molecule is CCCC(C)c1ccc(-c2ccc(C3=CCC(/C(F)=C(\F)c4cc(F)c(F)c(F)c4)C=C3)c(F)c2)cc1. The summed E-state index contributed by atoms with van der Waals surface area (Å²) in [6, 6.07) is 13.8. The number of hydrogen-bond donors (Lipinski definition) is 0. The lowest BCUT2D eigenvalue weighted by Crippen LogP contribution is -2.03. The van der Waals surface area contributed by atoms with Crippen LogP contribution < -0.4 is 0 Å². The molecule has 6 heteroatoms. The molecule has 1 aliphatic carbocycles. The van der Waals surface area contributed by atoms with Gasteiger partial charge in [0.15, 0.2) is 23.3 Å². The molecule has 4 rings (SSSR count). The Morgan fingerprint density at radius 1 is 0.865 bits per heavy atom. The molecule has 0 aromatic heterocycles. The van der Waals surface area contributed by atoms with Gasteiger partial charge in [-0.15, -0.1) is 0 Å². The van der Waals surface area contributed by atoms with E-state index in [1.807, 2.05) is 12.1 Å². The third-order valence-electron chi connectivity index (χ3n) is 6.69. The number of benzene rings is 3. The van der Waals surface area contributed by atoms with Crippen molar-refractivity contribution in [2.24, 2.45) is 5.92 Å². The van der Waals surface area contributed by atoms with Crippen LogP contribution in [0.25, 0.3) is 22.5 Å². The van der Waals surface area contributed by atoms with Crippen LogP contribution in [-0.2, 0) is 0 Å². The zero-order chi connectivity index (χ0) is 26.7. The Bertz CT molecular complexity index is 1360. The maximum atomic E-state index is 15.0. The predicted molar refractivity (Wildman–Crippen MR) is 136 cm³/mol. The molecule has 0 amide bonds. The third kappa shape index (κ3) is 5.74. The molecule has 0 heterocycles. The molecular formula is C31H26F6. The first-order chi connectivity index (χ1) is 17.7. The van der Waals surface area contributed by atoms with Crippen molar-refractivity contribution in [3.05, 3.63) is 119 Å². The smallest absolute Gasteiger partial charge is 0.194 e. The van der Waals surface area contributed by atoms with Crippen LogP contribution in [0.2, 0.25) is 0 Å². The maximum Gasteiger partial charge on any atom is 0.194 e. The molecule has 0 spiro atoms. The number of halogens is 6. The van der Waals surface area contributed by atoms with E-state index in [9.17, 15) is 22.0 Å². The van der Waals surface area contributed by atoms with Crippen molar-refractivity contribution in [2.45, 2.75) is 39.0 Å².